The number of hydrogen-bond donors (Lipinski definition) is 2. The Morgan fingerprint density at radius 1 is 1.26 bits per heavy atom. The smallest absolute Gasteiger partial charge is 0.493 e. The molecule has 0 fully saturated rings. The number of nitro groups is 1. The molecule has 0 spiro atoms. The van der Waals surface area contributed by atoms with Crippen molar-refractivity contribution in [2.24, 2.45) is 0 Å². The number of aromatic nitrogens is 2. The molecule has 0 atom stereocenters. The maximum Gasteiger partial charge on any atom is 0.502 e. The molecule has 0 unspecified atom stereocenters. The van der Waals surface area contributed by atoms with E-state index in [4.69, 9.17) is 9.84 Å². The largest absolute Gasteiger partial charge is 0.502 e. The topological polar surface area (TPSA) is 128 Å². The van der Waals surface area contributed by atoms with Gasteiger partial charge in [-0.05, 0) is 24.3 Å². The summed E-state index contributed by atoms with van der Waals surface area (Å²) in [5.74, 6) is -2.74. The molecule has 0 amide bonds. The van der Waals surface area contributed by atoms with E-state index >= 15 is 0 Å². The molecule has 0 radical (unpaired) electrons. The molecule has 9 nitrogen and oxygen atoms in total. The van der Waals surface area contributed by atoms with Crippen LogP contribution in [0.15, 0.2) is 36.4 Å². The number of methoxy groups -OCH3 is 1. The molecule has 3 rings (SSSR count). The predicted molar refractivity (Wildman–Crippen MR) is 87.9 cm³/mol. The molecule has 0 aliphatic carbocycles. The van der Waals surface area contributed by atoms with E-state index in [1.165, 1.54) is 37.4 Å². The summed E-state index contributed by atoms with van der Waals surface area (Å²) >= 11 is 0. The highest BCUT2D eigenvalue weighted by atomic mass is 19.3. The standard InChI is InChI=1S/C16H11F2N3O6/c1-26-13-6-8(2-5-12(13)27-16(17,18)15(22)23)14-19-10-4-3-9(21(24)25)7-11(10)20-14/h2-7H,1H3,(H,19,20)(H,22,23). The van der Waals surface area contributed by atoms with Gasteiger partial charge in [-0.1, -0.05) is 0 Å². The highest BCUT2D eigenvalue weighted by Crippen LogP contribution is 2.35. The van der Waals surface area contributed by atoms with Gasteiger partial charge in [0.25, 0.3) is 5.69 Å². The summed E-state index contributed by atoms with van der Waals surface area (Å²) in [4.78, 5) is 28.0. The number of benzene rings is 2. The van der Waals surface area contributed by atoms with Crippen molar-refractivity contribution in [1.82, 2.24) is 9.97 Å². The minimum absolute atomic E-state index is 0.116. The summed E-state index contributed by atoms with van der Waals surface area (Å²) < 4.78 is 35.7. The van der Waals surface area contributed by atoms with Crippen molar-refractivity contribution >= 4 is 22.7 Å². The molecule has 11 heteroatoms. The number of imidazole rings is 1. The molecule has 0 bridgehead atoms. The lowest BCUT2D eigenvalue weighted by Gasteiger charge is -2.16. The van der Waals surface area contributed by atoms with E-state index in [1.807, 2.05) is 0 Å². The minimum Gasteiger partial charge on any atom is -0.493 e. The Balaban J connectivity index is 1.99. The summed E-state index contributed by atoms with van der Waals surface area (Å²) in [5.41, 5.74) is 1.18. The number of nitrogens with one attached hydrogen (secondary N) is 1. The van der Waals surface area contributed by atoms with Gasteiger partial charge in [0.2, 0.25) is 0 Å². The van der Waals surface area contributed by atoms with Crippen molar-refractivity contribution in [2.45, 2.75) is 6.11 Å². The van der Waals surface area contributed by atoms with Gasteiger partial charge in [-0.2, -0.15) is 8.78 Å². The van der Waals surface area contributed by atoms with Crippen molar-refractivity contribution in [3.05, 3.63) is 46.5 Å². The second kappa shape index (κ2) is 6.52. The number of alkyl halides is 2. The van der Waals surface area contributed by atoms with Gasteiger partial charge in [-0.15, -0.1) is 0 Å². The zero-order chi connectivity index (χ0) is 19.8. The van der Waals surface area contributed by atoms with E-state index in [0.29, 0.717) is 22.4 Å². The van der Waals surface area contributed by atoms with Crippen LogP contribution < -0.4 is 9.47 Å². The maximum absolute atomic E-state index is 13.3. The molecule has 1 aromatic heterocycles. The minimum atomic E-state index is -4.42. The van der Waals surface area contributed by atoms with Gasteiger partial charge in [0, 0.05) is 17.7 Å². The SMILES string of the molecule is COc1cc(-c2nc3ccc([N+](=O)[O-])cc3[nH]2)ccc1OC(F)(F)C(=O)O. The number of ether oxygens (including phenoxy) is 2. The van der Waals surface area contributed by atoms with E-state index in [2.05, 4.69) is 14.7 Å². The highest BCUT2D eigenvalue weighted by molar-refractivity contribution is 5.82. The fourth-order valence-corrected chi connectivity index (χ4v) is 2.33. The summed E-state index contributed by atoms with van der Waals surface area (Å²) in [5, 5.41) is 19.3. The Kier molecular flexibility index (Phi) is 4.35. The van der Waals surface area contributed by atoms with Gasteiger partial charge in [0.05, 0.1) is 23.1 Å². The lowest BCUT2D eigenvalue weighted by molar-refractivity contribution is -0.384. The maximum atomic E-state index is 13.3. The Bertz CT molecular complexity index is 1050. The molecule has 0 aliphatic heterocycles. The normalized spacial score (nSPS) is 11.4. The lowest BCUT2D eigenvalue weighted by atomic mass is 10.2. The molecule has 2 N–H and O–H groups in total. The molecule has 0 saturated carbocycles. The first-order valence-electron chi connectivity index (χ1n) is 7.34. The number of aromatic amines is 1. The van der Waals surface area contributed by atoms with Crippen LogP contribution in [0, 0.1) is 10.1 Å². The third-order valence-corrected chi connectivity index (χ3v) is 3.60. The average molecular weight is 379 g/mol. The van der Waals surface area contributed by atoms with E-state index in [0.717, 1.165) is 6.07 Å². The Morgan fingerprint density at radius 3 is 2.63 bits per heavy atom. The molecule has 0 aliphatic rings. The Labute approximate surface area is 149 Å². The van der Waals surface area contributed by atoms with Gasteiger partial charge in [-0.25, -0.2) is 9.78 Å². The summed E-state index contributed by atoms with van der Waals surface area (Å²) in [7, 11) is 1.20. The number of nitrogens with zero attached hydrogens (tertiary/aromatic N) is 2. The first kappa shape index (κ1) is 18.0. The first-order valence-corrected chi connectivity index (χ1v) is 7.34. The van der Waals surface area contributed by atoms with Crippen LogP contribution in [0.25, 0.3) is 22.4 Å². The third-order valence-electron chi connectivity index (χ3n) is 3.60. The number of rotatable bonds is 6. The second-order valence-electron chi connectivity index (χ2n) is 5.33. The lowest BCUT2D eigenvalue weighted by Crippen LogP contribution is -2.34. The van der Waals surface area contributed by atoms with Crippen LogP contribution in [0.4, 0.5) is 14.5 Å². The number of halogens is 2. The van der Waals surface area contributed by atoms with Crippen molar-refractivity contribution in [3.8, 4) is 22.9 Å². The molecule has 0 saturated heterocycles. The fraction of sp³-hybridized carbons (Fsp3) is 0.125. The zero-order valence-corrected chi connectivity index (χ0v) is 13.6. The summed E-state index contributed by atoms with van der Waals surface area (Å²) in [6.45, 7) is 0. The van der Waals surface area contributed by atoms with Crippen molar-refractivity contribution < 1.29 is 33.1 Å². The van der Waals surface area contributed by atoms with Gasteiger partial charge >= 0.3 is 12.1 Å². The first-order chi connectivity index (χ1) is 12.7. The van der Waals surface area contributed by atoms with Gasteiger partial charge in [0.15, 0.2) is 11.5 Å². The van der Waals surface area contributed by atoms with Crippen LogP contribution in [0.5, 0.6) is 11.5 Å². The Morgan fingerprint density at radius 2 is 2.00 bits per heavy atom. The molecular formula is C16H11F2N3O6. The van der Waals surface area contributed by atoms with Crippen molar-refractivity contribution in [1.29, 1.82) is 0 Å². The zero-order valence-electron chi connectivity index (χ0n) is 13.6. The van der Waals surface area contributed by atoms with E-state index in [1.54, 1.807) is 0 Å². The van der Waals surface area contributed by atoms with Crippen LogP contribution >= 0.6 is 0 Å². The van der Waals surface area contributed by atoms with Crippen LogP contribution in [-0.2, 0) is 4.79 Å². The van der Waals surface area contributed by atoms with Crippen LogP contribution in [0.3, 0.4) is 0 Å². The van der Waals surface area contributed by atoms with E-state index in [-0.39, 0.29) is 11.4 Å². The molecule has 2 aromatic carbocycles. The summed E-state index contributed by atoms with van der Waals surface area (Å²) in [6.07, 6.45) is -4.42. The number of non-ortho nitro benzene ring substituents is 1. The molecular weight excluding hydrogens is 368 g/mol. The number of carboxylic acids is 1. The van der Waals surface area contributed by atoms with Gasteiger partial charge in [0.1, 0.15) is 5.82 Å². The van der Waals surface area contributed by atoms with Crippen molar-refractivity contribution in [3.63, 3.8) is 0 Å². The quantitative estimate of drug-likeness (QED) is 0.497. The molecule has 27 heavy (non-hydrogen) atoms. The fourth-order valence-electron chi connectivity index (χ4n) is 2.33. The second-order valence-corrected chi connectivity index (χ2v) is 5.33. The molecule has 1 heterocycles. The van der Waals surface area contributed by atoms with Gasteiger partial charge in [-0.3, -0.25) is 10.1 Å². The number of nitro benzene ring substituents is 1. The highest BCUT2D eigenvalue weighted by Gasteiger charge is 2.43. The van der Waals surface area contributed by atoms with Crippen molar-refractivity contribution in [2.75, 3.05) is 7.11 Å². The average Bonchev–Trinajstić information content (AvgIpc) is 3.04. The van der Waals surface area contributed by atoms with E-state index < -0.39 is 22.8 Å². The number of aliphatic carboxylic acids is 1. The van der Waals surface area contributed by atoms with Crippen LogP contribution in [-0.4, -0.2) is 39.2 Å². The Hall–Kier alpha value is -3.76. The summed E-state index contributed by atoms with van der Waals surface area (Å²) in [6, 6.07) is 7.88. The number of carboxylic acid groups (broad SMARTS) is 1. The van der Waals surface area contributed by atoms with Gasteiger partial charge < -0.3 is 19.6 Å². The van der Waals surface area contributed by atoms with Crippen LogP contribution in [0.1, 0.15) is 0 Å². The third kappa shape index (κ3) is 3.47. The predicted octanol–water partition coefficient (Wildman–Crippen LogP) is 3.20. The van der Waals surface area contributed by atoms with Crippen LogP contribution in [0.2, 0.25) is 0 Å². The number of carbonyl (C=O) groups is 1. The monoisotopic (exact) mass is 379 g/mol. The van der Waals surface area contributed by atoms with E-state index in [9.17, 15) is 23.7 Å². The number of H-pyrrole nitrogens is 1. The number of fused-ring (bicyclic) bond motifs is 1. The molecule has 3 aromatic rings. The molecule has 140 valence electrons. The number of hydrogen-bond acceptors (Lipinski definition) is 6.